The van der Waals surface area contributed by atoms with E-state index in [0.717, 1.165) is 18.5 Å². The Bertz CT molecular complexity index is 751. The van der Waals surface area contributed by atoms with Crippen molar-refractivity contribution in [2.45, 2.75) is 25.7 Å². The third kappa shape index (κ3) is 2.88. The Labute approximate surface area is 142 Å². The molecule has 0 saturated carbocycles. The largest absolute Gasteiger partial charge is 0.486 e. The fourth-order valence-corrected chi connectivity index (χ4v) is 4.13. The lowest BCUT2D eigenvalue weighted by molar-refractivity contribution is 0.102. The second-order valence-corrected chi connectivity index (χ2v) is 7.02. The number of thiazole rings is 1. The summed E-state index contributed by atoms with van der Waals surface area (Å²) in [5.41, 5.74) is 1.56. The minimum Gasteiger partial charge on any atom is -0.486 e. The van der Waals surface area contributed by atoms with Crippen LogP contribution < -0.4 is 14.8 Å². The van der Waals surface area contributed by atoms with Gasteiger partial charge in [-0.1, -0.05) is 11.6 Å². The summed E-state index contributed by atoms with van der Waals surface area (Å²) in [7, 11) is 0. The average Bonchev–Trinajstić information content (AvgIpc) is 2.97. The SMILES string of the molecule is O=C(Nc1nc2c(s1)CCCC2)c1cc(Cl)c2c(c1)OCCO2. The number of ether oxygens (including phenoxy) is 2. The van der Waals surface area contributed by atoms with Crippen LogP contribution >= 0.6 is 22.9 Å². The minimum atomic E-state index is -0.241. The maximum absolute atomic E-state index is 12.5. The zero-order valence-corrected chi connectivity index (χ0v) is 13.9. The van der Waals surface area contributed by atoms with Gasteiger partial charge in [0.15, 0.2) is 16.6 Å². The van der Waals surface area contributed by atoms with E-state index in [4.69, 9.17) is 21.1 Å². The Hall–Kier alpha value is -1.79. The maximum Gasteiger partial charge on any atom is 0.257 e. The van der Waals surface area contributed by atoms with Crippen LogP contribution in [-0.4, -0.2) is 24.1 Å². The third-order valence-corrected chi connectivity index (χ3v) is 5.28. The molecule has 0 saturated heterocycles. The van der Waals surface area contributed by atoms with Crippen LogP contribution in [0.3, 0.4) is 0 Å². The molecule has 1 aromatic carbocycles. The normalized spacial score (nSPS) is 15.9. The lowest BCUT2D eigenvalue weighted by atomic mass is 10.0. The van der Waals surface area contributed by atoms with Crippen molar-refractivity contribution in [3.8, 4) is 11.5 Å². The van der Waals surface area contributed by atoms with Gasteiger partial charge in [0, 0.05) is 10.4 Å². The fourth-order valence-electron chi connectivity index (χ4n) is 2.82. The molecule has 5 nitrogen and oxygen atoms in total. The molecule has 1 aromatic heterocycles. The van der Waals surface area contributed by atoms with Gasteiger partial charge in [0.05, 0.1) is 10.7 Å². The van der Waals surface area contributed by atoms with Crippen molar-refractivity contribution in [2.24, 2.45) is 0 Å². The van der Waals surface area contributed by atoms with Gasteiger partial charge in [-0.15, -0.1) is 11.3 Å². The summed E-state index contributed by atoms with van der Waals surface area (Å²) in [6, 6.07) is 3.25. The summed E-state index contributed by atoms with van der Waals surface area (Å²) in [6.45, 7) is 0.913. The van der Waals surface area contributed by atoms with E-state index in [0.29, 0.717) is 40.4 Å². The molecular formula is C16H15ClN2O3S. The van der Waals surface area contributed by atoms with Gasteiger partial charge in [0.1, 0.15) is 13.2 Å². The van der Waals surface area contributed by atoms with E-state index in [1.54, 1.807) is 23.5 Å². The molecule has 1 aliphatic heterocycles. The summed E-state index contributed by atoms with van der Waals surface area (Å²) < 4.78 is 11.0. The number of amides is 1. The van der Waals surface area contributed by atoms with Crippen LogP contribution in [0.2, 0.25) is 5.02 Å². The molecule has 23 heavy (non-hydrogen) atoms. The van der Waals surface area contributed by atoms with Crippen LogP contribution in [0, 0.1) is 0 Å². The Morgan fingerprint density at radius 3 is 2.91 bits per heavy atom. The molecule has 1 N–H and O–H groups in total. The number of carbonyl (C=O) groups is 1. The van der Waals surface area contributed by atoms with Crippen LogP contribution in [-0.2, 0) is 12.8 Å². The van der Waals surface area contributed by atoms with Crippen LogP contribution in [0.15, 0.2) is 12.1 Å². The second kappa shape index (κ2) is 6.02. The topological polar surface area (TPSA) is 60.5 Å². The second-order valence-electron chi connectivity index (χ2n) is 5.53. The number of aryl methyl sites for hydroxylation is 2. The number of hydrogen-bond donors (Lipinski definition) is 1. The Balaban J connectivity index is 1.57. The number of aromatic nitrogens is 1. The Kier molecular flexibility index (Phi) is 3.87. The summed E-state index contributed by atoms with van der Waals surface area (Å²) in [6.07, 6.45) is 4.42. The zero-order valence-electron chi connectivity index (χ0n) is 12.4. The van der Waals surface area contributed by atoms with Crippen molar-refractivity contribution in [2.75, 3.05) is 18.5 Å². The number of fused-ring (bicyclic) bond motifs is 2. The van der Waals surface area contributed by atoms with E-state index in [9.17, 15) is 4.79 Å². The van der Waals surface area contributed by atoms with Crippen molar-refractivity contribution in [3.63, 3.8) is 0 Å². The quantitative estimate of drug-likeness (QED) is 0.897. The third-order valence-electron chi connectivity index (χ3n) is 3.93. The van der Waals surface area contributed by atoms with Crippen LogP contribution in [0.1, 0.15) is 33.8 Å². The summed E-state index contributed by atoms with van der Waals surface area (Å²) in [4.78, 5) is 18.3. The molecule has 4 rings (SSSR count). The number of carbonyl (C=O) groups excluding carboxylic acids is 1. The van der Waals surface area contributed by atoms with Gasteiger partial charge in [-0.05, 0) is 37.8 Å². The first-order valence-electron chi connectivity index (χ1n) is 7.60. The molecule has 0 unspecified atom stereocenters. The first-order chi connectivity index (χ1) is 11.2. The molecule has 0 atom stereocenters. The highest BCUT2D eigenvalue weighted by atomic mass is 35.5. The highest BCUT2D eigenvalue weighted by Gasteiger charge is 2.21. The van der Waals surface area contributed by atoms with Crippen LogP contribution in [0.5, 0.6) is 11.5 Å². The van der Waals surface area contributed by atoms with Gasteiger partial charge < -0.3 is 9.47 Å². The lowest BCUT2D eigenvalue weighted by Crippen LogP contribution is -2.17. The average molecular weight is 351 g/mol. The van der Waals surface area contributed by atoms with Gasteiger partial charge in [-0.25, -0.2) is 4.98 Å². The van der Waals surface area contributed by atoms with Gasteiger partial charge >= 0.3 is 0 Å². The number of anilines is 1. The number of nitrogens with one attached hydrogen (secondary N) is 1. The summed E-state index contributed by atoms with van der Waals surface area (Å²) in [5.74, 6) is 0.765. The number of rotatable bonds is 2. The molecule has 2 heterocycles. The predicted octanol–water partition coefficient (Wildman–Crippen LogP) is 3.70. The van der Waals surface area contributed by atoms with Crippen LogP contribution in [0.4, 0.5) is 5.13 Å². The molecule has 120 valence electrons. The molecule has 1 aliphatic carbocycles. The maximum atomic E-state index is 12.5. The minimum absolute atomic E-state index is 0.241. The van der Waals surface area contributed by atoms with E-state index < -0.39 is 0 Å². The summed E-state index contributed by atoms with van der Waals surface area (Å²) >= 11 is 7.74. The van der Waals surface area contributed by atoms with Crippen molar-refractivity contribution >= 4 is 34.0 Å². The van der Waals surface area contributed by atoms with Crippen molar-refractivity contribution < 1.29 is 14.3 Å². The molecule has 0 radical (unpaired) electrons. The highest BCUT2D eigenvalue weighted by molar-refractivity contribution is 7.15. The van der Waals surface area contributed by atoms with E-state index in [1.165, 1.54) is 17.7 Å². The number of benzene rings is 1. The molecule has 0 fully saturated rings. The van der Waals surface area contributed by atoms with Gasteiger partial charge in [-0.2, -0.15) is 0 Å². The molecule has 0 spiro atoms. The van der Waals surface area contributed by atoms with Crippen molar-refractivity contribution in [1.29, 1.82) is 0 Å². The van der Waals surface area contributed by atoms with Crippen LogP contribution in [0.25, 0.3) is 0 Å². The van der Waals surface area contributed by atoms with Gasteiger partial charge in [0.2, 0.25) is 0 Å². The van der Waals surface area contributed by atoms with E-state index in [-0.39, 0.29) is 5.91 Å². The number of hydrogen-bond acceptors (Lipinski definition) is 5. The predicted molar refractivity (Wildman–Crippen MR) is 89.2 cm³/mol. The molecule has 1 amide bonds. The smallest absolute Gasteiger partial charge is 0.257 e. The van der Waals surface area contributed by atoms with Crippen molar-refractivity contribution in [1.82, 2.24) is 4.98 Å². The standard InChI is InChI=1S/C16H15ClN2O3S/c17-10-7-9(8-12-14(10)22-6-5-21-12)15(20)19-16-18-11-3-1-2-4-13(11)23-16/h7-8H,1-6H2,(H,18,19,20). The molecular weight excluding hydrogens is 336 g/mol. The zero-order chi connectivity index (χ0) is 15.8. The first kappa shape index (κ1) is 14.8. The molecule has 2 aromatic rings. The van der Waals surface area contributed by atoms with Crippen molar-refractivity contribution in [3.05, 3.63) is 33.3 Å². The monoisotopic (exact) mass is 350 g/mol. The van der Waals surface area contributed by atoms with Gasteiger partial charge in [-0.3, -0.25) is 10.1 Å². The summed E-state index contributed by atoms with van der Waals surface area (Å²) in [5, 5.41) is 3.89. The van der Waals surface area contributed by atoms with E-state index >= 15 is 0 Å². The van der Waals surface area contributed by atoms with Gasteiger partial charge in [0.25, 0.3) is 5.91 Å². The van der Waals surface area contributed by atoms with E-state index in [1.807, 2.05) is 0 Å². The number of halogens is 1. The Morgan fingerprint density at radius 2 is 2.04 bits per heavy atom. The highest BCUT2D eigenvalue weighted by Crippen LogP contribution is 2.38. The molecule has 2 aliphatic rings. The molecule has 7 heteroatoms. The first-order valence-corrected chi connectivity index (χ1v) is 8.79. The lowest BCUT2D eigenvalue weighted by Gasteiger charge is -2.20. The Morgan fingerprint density at radius 1 is 1.22 bits per heavy atom. The van der Waals surface area contributed by atoms with E-state index in [2.05, 4.69) is 10.3 Å². The molecule has 0 bridgehead atoms. The number of nitrogens with zero attached hydrogens (tertiary/aromatic N) is 1. The fraction of sp³-hybridized carbons (Fsp3) is 0.375.